The largest absolute Gasteiger partial charge is 0.384 e. The van der Waals surface area contributed by atoms with Crippen molar-refractivity contribution < 1.29 is 0 Å². The summed E-state index contributed by atoms with van der Waals surface area (Å²) in [6, 6.07) is 7.67. The number of halogens is 2. The molecule has 0 bridgehead atoms. The fraction of sp³-hybridized carbons (Fsp3) is 0.182. The molecule has 0 aliphatic carbocycles. The third-order valence-corrected chi connectivity index (χ3v) is 3.48. The number of aryl methyl sites for hydroxylation is 1. The zero-order valence-electron chi connectivity index (χ0n) is 8.74. The summed E-state index contributed by atoms with van der Waals surface area (Å²) in [6.45, 7) is 2.55. The van der Waals surface area contributed by atoms with Gasteiger partial charge in [-0.2, -0.15) is 5.10 Å². The Hall–Kier alpha value is -1.00. The molecule has 0 fully saturated rings. The van der Waals surface area contributed by atoms with Crippen LogP contribution >= 0.6 is 27.5 Å². The molecule has 3 nitrogen and oxygen atoms in total. The van der Waals surface area contributed by atoms with Gasteiger partial charge < -0.3 is 5.73 Å². The van der Waals surface area contributed by atoms with Crippen molar-refractivity contribution in [1.29, 1.82) is 0 Å². The molecule has 1 aromatic carbocycles. The fourth-order valence-electron chi connectivity index (χ4n) is 1.50. The molecule has 0 saturated heterocycles. The summed E-state index contributed by atoms with van der Waals surface area (Å²) in [5.41, 5.74) is 7.80. The minimum atomic E-state index is 0.632. The maximum atomic E-state index is 6.02. The van der Waals surface area contributed by atoms with Gasteiger partial charge in [-0.1, -0.05) is 17.7 Å². The van der Waals surface area contributed by atoms with Crippen LogP contribution in [-0.2, 0) is 6.54 Å². The van der Waals surface area contributed by atoms with Gasteiger partial charge in [-0.05, 0) is 40.5 Å². The van der Waals surface area contributed by atoms with Crippen LogP contribution in [0.25, 0.3) is 0 Å². The lowest BCUT2D eigenvalue weighted by Gasteiger charge is -2.05. The molecule has 2 N–H and O–H groups in total. The van der Waals surface area contributed by atoms with Gasteiger partial charge in [0, 0.05) is 10.5 Å². The van der Waals surface area contributed by atoms with E-state index in [0.717, 1.165) is 15.7 Å². The molecule has 0 amide bonds. The van der Waals surface area contributed by atoms with E-state index in [1.54, 1.807) is 4.68 Å². The molecule has 0 spiro atoms. The highest BCUT2D eigenvalue weighted by molar-refractivity contribution is 9.10. The number of hydrogen-bond donors (Lipinski definition) is 1. The molecule has 0 atom stereocenters. The average molecular weight is 301 g/mol. The normalized spacial score (nSPS) is 10.7. The quantitative estimate of drug-likeness (QED) is 0.925. The highest BCUT2D eigenvalue weighted by atomic mass is 79.9. The van der Waals surface area contributed by atoms with Gasteiger partial charge in [0.05, 0.1) is 17.3 Å². The number of nitrogen functional groups attached to an aromatic ring is 1. The summed E-state index contributed by atoms with van der Waals surface area (Å²) in [5, 5.41) is 4.99. The van der Waals surface area contributed by atoms with Crippen LogP contribution in [0, 0.1) is 6.92 Å². The van der Waals surface area contributed by atoms with E-state index >= 15 is 0 Å². The van der Waals surface area contributed by atoms with Crippen LogP contribution in [0.1, 0.15) is 11.3 Å². The molecule has 0 radical (unpaired) electrons. The van der Waals surface area contributed by atoms with Gasteiger partial charge >= 0.3 is 0 Å². The van der Waals surface area contributed by atoms with Crippen LogP contribution < -0.4 is 5.73 Å². The van der Waals surface area contributed by atoms with E-state index in [0.29, 0.717) is 17.4 Å². The Morgan fingerprint density at radius 1 is 1.44 bits per heavy atom. The van der Waals surface area contributed by atoms with Crippen molar-refractivity contribution in [3.63, 3.8) is 0 Å². The van der Waals surface area contributed by atoms with Gasteiger partial charge in [0.25, 0.3) is 0 Å². The van der Waals surface area contributed by atoms with Crippen molar-refractivity contribution in [1.82, 2.24) is 9.78 Å². The molecular formula is C11H11BrClN3. The smallest absolute Gasteiger partial charge is 0.122 e. The highest BCUT2D eigenvalue weighted by Gasteiger charge is 2.04. The van der Waals surface area contributed by atoms with Crippen LogP contribution in [0.5, 0.6) is 0 Å². The Morgan fingerprint density at radius 3 is 2.75 bits per heavy atom. The molecule has 84 valence electrons. The highest BCUT2D eigenvalue weighted by Crippen LogP contribution is 2.23. The van der Waals surface area contributed by atoms with Crippen molar-refractivity contribution in [2.45, 2.75) is 13.5 Å². The molecule has 1 heterocycles. The zero-order valence-corrected chi connectivity index (χ0v) is 11.1. The number of hydrogen-bond acceptors (Lipinski definition) is 2. The molecule has 16 heavy (non-hydrogen) atoms. The van der Waals surface area contributed by atoms with E-state index in [9.17, 15) is 0 Å². The number of rotatable bonds is 2. The van der Waals surface area contributed by atoms with Crippen LogP contribution in [0.3, 0.4) is 0 Å². The monoisotopic (exact) mass is 299 g/mol. The van der Waals surface area contributed by atoms with Gasteiger partial charge in [-0.3, -0.25) is 0 Å². The Labute approximate surface area is 107 Å². The van der Waals surface area contributed by atoms with E-state index < -0.39 is 0 Å². The summed E-state index contributed by atoms with van der Waals surface area (Å²) in [4.78, 5) is 0. The second kappa shape index (κ2) is 4.47. The first kappa shape index (κ1) is 11.5. The Morgan fingerprint density at radius 2 is 2.19 bits per heavy atom. The molecule has 0 unspecified atom stereocenters. The number of aromatic nitrogens is 2. The minimum absolute atomic E-state index is 0.632. The lowest BCUT2D eigenvalue weighted by molar-refractivity contribution is 0.689. The topological polar surface area (TPSA) is 43.8 Å². The Kier molecular flexibility index (Phi) is 3.21. The van der Waals surface area contributed by atoms with Gasteiger partial charge in [0.2, 0.25) is 0 Å². The SMILES string of the molecule is Cc1cc(N)n(Cc2ccc(Br)c(Cl)c2)n1. The molecule has 0 aliphatic heterocycles. The first-order valence-corrected chi connectivity index (χ1v) is 5.97. The molecule has 0 aliphatic rings. The first-order valence-electron chi connectivity index (χ1n) is 4.80. The fourth-order valence-corrected chi connectivity index (χ4v) is 1.95. The molecule has 5 heteroatoms. The zero-order chi connectivity index (χ0) is 11.7. The van der Waals surface area contributed by atoms with Crippen LogP contribution in [-0.4, -0.2) is 9.78 Å². The Balaban J connectivity index is 2.27. The maximum absolute atomic E-state index is 6.02. The third-order valence-electron chi connectivity index (χ3n) is 2.25. The van der Waals surface area contributed by atoms with Crippen molar-refractivity contribution >= 4 is 33.3 Å². The van der Waals surface area contributed by atoms with Crippen LogP contribution in [0.4, 0.5) is 5.82 Å². The second-order valence-corrected chi connectivity index (χ2v) is 4.88. The van der Waals surface area contributed by atoms with E-state index in [2.05, 4.69) is 21.0 Å². The van der Waals surface area contributed by atoms with Crippen LogP contribution in [0.2, 0.25) is 5.02 Å². The predicted molar refractivity (Wildman–Crippen MR) is 69.6 cm³/mol. The van der Waals surface area contributed by atoms with Crippen molar-refractivity contribution in [3.8, 4) is 0 Å². The molecule has 2 rings (SSSR count). The molecule has 2 aromatic rings. The lowest BCUT2D eigenvalue weighted by Crippen LogP contribution is -2.05. The summed E-state index contributed by atoms with van der Waals surface area (Å²) in [5.74, 6) is 0.663. The van der Waals surface area contributed by atoms with E-state index in [-0.39, 0.29) is 0 Å². The second-order valence-electron chi connectivity index (χ2n) is 3.62. The molecule has 1 aromatic heterocycles. The molecule has 0 saturated carbocycles. The van der Waals surface area contributed by atoms with Gasteiger partial charge in [-0.15, -0.1) is 0 Å². The van der Waals surface area contributed by atoms with E-state index in [1.165, 1.54) is 0 Å². The van der Waals surface area contributed by atoms with Crippen molar-refractivity contribution in [3.05, 3.63) is 45.0 Å². The van der Waals surface area contributed by atoms with Gasteiger partial charge in [0.15, 0.2) is 0 Å². The number of benzene rings is 1. The van der Waals surface area contributed by atoms with Gasteiger partial charge in [0.1, 0.15) is 5.82 Å². The first-order chi connectivity index (χ1) is 7.56. The summed E-state index contributed by atoms with van der Waals surface area (Å²) < 4.78 is 2.65. The molecular weight excluding hydrogens is 289 g/mol. The summed E-state index contributed by atoms with van der Waals surface area (Å²) in [7, 11) is 0. The van der Waals surface area contributed by atoms with Gasteiger partial charge in [-0.25, -0.2) is 4.68 Å². The number of nitrogens with zero attached hydrogens (tertiary/aromatic N) is 2. The predicted octanol–water partition coefficient (Wildman–Crippen LogP) is 3.24. The van der Waals surface area contributed by atoms with Crippen molar-refractivity contribution in [2.24, 2.45) is 0 Å². The number of anilines is 1. The van der Waals surface area contributed by atoms with Crippen molar-refractivity contribution in [2.75, 3.05) is 5.73 Å². The maximum Gasteiger partial charge on any atom is 0.122 e. The van der Waals surface area contributed by atoms with E-state index in [4.69, 9.17) is 17.3 Å². The average Bonchev–Trinajstić information content (AvgIpc) is 2.51. The van der Waals surface area contributed by atoms with E-state index in [1.807, 2.05) is 31.2 Å². The Bertz CT molecular complexity index is 522. The third kappa shape index (κ3) is 2.39. The lowest BCUT2D eigenvalue weighted by atomic mass is 10.2. The number of nitrogens with two attached hydrogens (primary N) is 1. The minimum Gasteiger partial charge on any atom is -0.384 e. The summed E-state index contributed by atoms with van der Waals surface area (Å²) >= 11 is 9.37. The van der Waals surface area contributed by atoms with Crippen LogP contribution in [0.15, 0.2) is 28.7 Å². The standard InChI is InChI=1S/C11H11BrClN3/c1-7-4-11(14)16(15-7)6-8-2-3-9(12)10(13)5-8/h2-5H,6,14H2,1H3. The summed E-state index contributed by atoms with van der Waals surface area (Å²) in [6.07, 6.45) is 0.